The summed E-state index contributed by atoms with van der Waals surface area (Å²) in [6, 6.07) is 5.87. The number of rotatable bonds is 5. The summed E-state index contributed by atoms with van der Waals surface area (Å²) >= 11 is 0. The van der Waals surface area contributed by atoms with Gasteiger partial charge < -0.3 is 10.2 Å². The predicted octanol–water partition coefficient (Wildman–Crippen LogP) is 1.77. The quantitative estimate of drug-likeness (QED) is 0.654. The number of benzene rings is 1. The van der Waals surface area contributed by atoms with Crippen molar-refractivity contribution in [1.82, 2.24) is 9.62 Å². The number of anilines is 2. The smallest absolute Gasteiger partial charge is 0.321 e. The molecule has 0 aromatic heterocycles. The standard InChI is InChI=1S/C17H28N4O5S2/c1-17(2,3)28(25,26)20-15-9-11-21(12-10-15)16(22)18-13-5-7-14(8-6-13)19-27(4,23)24/h5-8,15,19-20H,9-12H2,1-4H3,(H,18,22). The maximum Gasteiger partial charge on any atom is 0.321 e. The summed E-state index contributed by atoms with van der Waals surface area (Å²) in [7, 11) is -6.77. The zero-order valence-electron chi connectivity index (χ0n) is 16.5. The first-order chi connectivity index (χ1) is 12.8. The third kappa shape index (κ3) is 6.35. The van der Waals surface area contributed by atoms with Crippen molar-refractivity contribution in [3.8, 4) is 0 Å². The molecule has 2 rings (SSSR count). The molecule has 3 N–H and O–H groups in total. The predicted molar refractivity (Wildman–Crippen MR) is 110 cm³/mol. The van der Waals surface area contributed by atoms with Crippen molar-refractivity contribution < 1.29 is 21.6 Å². The summed E-state index contributed by atoms with van der Waals surface area (Å²) in [6.45, 7) is 5.83. The van der Waals surface area contributed by atoms with Gasteiger partial charge in [0, 0.05) is 30.5 Å². The molecule has 2 amide bonds. The summed E-state index contributed by atoms with van der Waals surface area (Å²) in [6.07, 6.45) is 2.15. The molecule has 0 aliphatic carbocycles. The van der Waals surface area contributed by atoms with E-state index in [1.165, 1.54) is 0 Å². The average molecular weight is 433 g/mol. The number of urea groups is 1. The summed E-state index contributed by atoms with van der Waals surface area (Å²) in [5, 5.41) is 2.76. The molecule has 11 heteroatoms. The van der Waals surface area contributed by atoms with Gasteiger partial charge >= 0.3 is 6.03 Å². The molecule has 0 radical (unpaired) electrons. The first-order valence-corrected chi connectivity index (χ1v) is 12.3. The molecule has 1 fully saturated rings. The van der Waals surface area contributed by atoms with Gasteiger partial charge in [0.1, 0.15) is 0 Å². The molecule has 1 saturated heterocycles. The highest BCUT2D eigenvalue weighted by molar-refractivity contribution is 7.92. The van der Waals surface area contributed by atoms with E-state index in [0.29, 0.717) is 37.3 Å². The van der Waals surface area contributed by atoms with Crippen LogP contribution in [-0.2, 0) is 20.0 Å². The van der Waals surface area contributed by atoms with Gasteiger partial charge in [0.2, 0.25) is 20.0 Å². The Morgan fingerprint density at radius 2 is 1.50 bits per heavy atom. The van der Waals surface area contributed by atoms with Gasteiger partial charge in [-0.05, 0) is 57.9 Å². The Morgan fingerprint density at radius 1 is 1.00 bits per heavy atom. The molecule has 1 aliphatic heterocycles. The van der Waals surface area contributed by atoms with Gasteiger partial charge in [-0.3, -0.25) is 4.72 Å². The minimum atomic E-state index is -3.42. The van der Waals surface area contributed by atoms with Crippen LogP contribution in [0.3, 0.4) is 0 Å². The second kappa shape index (κ2) is 8.26. The van der Waals surface area contributed by atoms with E-state index in [-0.39, 0.29) is 12.1 Å². The fourth-order valence-electron chi connectivity index (χ4n) is 2.63. The largest absolute Gasteiger partial charge is 0.324 e. The van der Waals surface area contributed by atoms with E-state index >= 15 is 0 Å². The third-order valence-electron chi connectivity index (χ3n) is 4.35. The van der Waals surface area contributed by atoms with Crippen LogP contribution in [0.5, 0.6) is 0 Å². The Morgan fingerprint density at radius 3 is 1.96 bits per heavy atom. The number of nitrogens with zero attached hydrogens (tertiary/aromatic N) is 1. The van der Waals surface area contributed by atoms with Crippen LogP contribution in [0.2, 0.25) is 0 Å². The third-order valence-corrected chi connectivity index (χ3v) is 7.21. The summed E-state index contributed by atoms with van der Waals surface area (Å²) in [4.78, 5) is 14.0. The van der Waals surface area contributed by atoms with Crippen molar-refractivity contribution in [1.29, 1.82) is 0 Å². The number of hydrogen-bond acceptors (Lipinski definition) is 5. The molecule has 1 aromatic rings. The maximum absolute atomic E-state index is 12.4. The molecular weight excluding hydrogens is 404 g/mol. The fourth-order valence-corrected chi connectivity index (χ4v) is 4.23. The number of piperidine rings is 1. The first kappa shape index (κ1) is 22.4. The van der Waals surface area contributed by atoms with E-state index < -0.39 is 24.8 Å². The number of carbonyl (C=O) groups is 1. The summed E-state index contributed by atoms with van der Waals surface area (Å²) < 4.78 is 51.1. The first-order valence-electron chi connectivity index (χ1n) is 8.92. The molecule has 0 atom stereocenters. The van der Waals surface area contributed by atoms with Crippen molar-refractivity contribution in [2.24, 2.45) is 0 Å². The second-order valence-corrected chi connectivity index (χ2v) is 12.1. The Bertz CT molecular complexity index is 898. The molecule has 9 nitrogen and oxygen atoms in total. The number of sulfonamides is 2. The molecule has 28 heavy (non-hydrogen) atoms. The van der Waals surface area contributed by atoms with E-state index in [9.17, 15) is 21.6 Å². The molecule has 1 aliphatic rings. The molecule has 0 saturated carbocycles. The van der Waals surface area contributed by atoms with Crippen molar-refractivity contribution in [2.75, 3.05) is 29.4 Å². The highest BCUT2D eigenvalue weighted by Crippen LogP contribution is 2.19. The number of hydrogen-bond donors (Lipinski definition) is 3. The number of carbonyl (C=O) groups excluding carboxylic acids is 1. The zero-order chi connectivity index (χ0) is 21.2. The molecular formula is C17H28N4O5S2. The van der Waals surface area contributed by atoms with Crippen LogP contribution in [0, 0.1) is 0 Å². The Hall–Kier alpha value is -1.85. The molecule has 0 unspecified atom stereocenters. The van der Waals surface area contributed by atoms with Crippen LogP contribution in [-0.4, -0.2) is 57.9 Å². The molecule has 0 bridgehead atoms. The average Bonchev–Trinajstić information content (AvgIpc) is 2.54. The highest BCUT2D eigenvalue weighted by atomic mass is 32.2. The minimum Gasteiger partial charge on any atom is -0.324 e. The Kier molecular flexibility index (Phi) is 6.62. The van der Waals surface area contributed by atoms with Crippen LogP contribution in [0.25, 0.3) is 0 Å². The lowest BCUT2D eigenvalue weighted by molar-refractivity contribution is 0.193. The summed E-state index contributed by atoms with van der Waals surface area (Å²) in [5.74, 6) is 0. The van der Waals surface area contributed by atoms with E-state index in [2.05, 4.69) is 14.8 Å². The van der Waals surface area contributed by atoms with Gasteiger partial charge in [-0.15, -0.1) is 0 Å². The lowest BCUT2D eigenvalue weighted by Crippen LogP contribution is -2.50. The van der Waals surface area contributed by atoms with Crippen LogP contribution in [0.15, 0.2) is 24.3 Å². The second-order valence-electron chi connectivity index (χ2n) is 7.88. The van der Waals surface area contributed by atoms with Gasteiger partial charge in [0.25, 0.3) is 0 Å². The van der Waals surface area contributed by atoms with Crippen molar-refractivity contribution >= 4 is 37.5 Å². The van der Waals surface area contributed by atoms with Crippen molar-refractivity contribution in [2.45, 2.75) is 44.4 Å². The van der Waals surface area contributed by atoms with Crippen molar-refractivity contribution in [3.05, 3.63) is 24.3 Å². The Balaban J connectivity index is 1.87. The fraction of sp³-hybridized carbons (Fsp3) is 0.588. The number of amides is 2. The summed E-state index contributed by atoms with van der Waals surface area (Å²) in [5.41, 5.74) is 0.951. The van der Waals surface area contributed by atoms with Gasteiger partial charge in [-0.2, -0.15) is 0 Å². The van der Waals surface area contributed by atoms with E-state index in [4.69, 9.17) is 0 Å². The van der Waals surface area contributed by atoms with E-state index in [0.717, 1.165) is 6.26 Å². The van der Waals surface area contributed by atoms with Crippen LogP contribution >= 0.6 is 0 Å². The van der Waals surface area contributed by atoms with Gasteiger partial charge in [-0.1, -0.05) is 0 Å². The van der Waals surface area contributed by atoms with Crippen LogP contribution in [0.1, 0.15) is 33.6 Å². The Labute approximate surface area is 167 Å². The van der Waals surface area contributed by atoms with Crippen LogP contribution in [0.4, 0.5) is 16.2 Å². The van der Waals surface area contributed by atoms with Crippen molar-refractivity contribution in [3.63, 3.8) is 0 Å². The topological polar surface area (TPSA) is 125 Å². The normalized spacial score (nSPS) is 16.6. The molecule has 1 heterocycles. The monoisotopic (exact) mass is 432 g/mol. The molecule has 158 valence electrons. The highest BCUT2D eigenvalue weighted by Gasteiger charge is 2.33. The lowest BCUT2D eigenvalue weighted by Gasteiger charge is -2.33. The SMILES string of the molecule is CC(C)(C)S(=O)(=O)NC1CCN(C(=O)Nc2ccc(NS(C)(=O)=O)cc2)CC1. The maximum atomic E-state index is 12.4. The number of likely N-dealkylation sites (tertiary alicyclic amines) is 1. The molecule has 1 aromatic carbocycles. The van der Waals surface area contributed by atoms with Crippen LogP contribution < -0.4 is 14.8 Å². The zero-order valence-corrected chi connectivity index (χ0v) is 18.2. The minimum absolute atomic E-state index is 0.186. The van der Waals surface area contributed by atoms with E-state index in [1.54, 1.807) is 49.9 Å². The van der Waals surface area contributed by atoms with Gasteiger partial charge in [-0.25, -0.2) is 26.4 Å². The van der Waals surface area contributed by atoms with Gasteiger partial charge in [0.05, 0.1) is 11.0 Å². The number of nitrogens with one attached hydrogen (secondary N) is 3. The lowest BCUT2D eigenvalue weighted by atomic mass is 10.1. The van der Waals surface area contributed by atoms with E-state index in [1.807, 2.05) is 0 Å². The molecule has 0 spiro atoms. The van der Waals surface area contributed by atoms with Gasteiger partial charge in [0.15, 0.2) is 0 Å².